The van der Waals surface area contributed by atoms with Crippen LogP contribution >= 0.6 is 11.8 Å². The minimum absolute atomic E-state index is 0.152. The molecule has 1 heterocycles. The van der Waals surface area contributed by atoms with Crippen molar-refractivity contribution in [2.24, 2.45) is 0 Å². The van der Waals surface area contributed by atoms with Crippen molar-refractivity contribution in [2.75, 3.05) is 30.3 Å². The van der Waals surface area contributed by atoms with E-state index in [4.69, 9.17) is 4.74 Å². The van der Waals surface area contributed by atoms with Crippen molar-refractivity contribution in [1.29, 1.82) is 0 Å². The minimum atomic E-state index is -0.605. The Hall–Kier alpha value is -3.58. The van der Waals surface area contributed by atoms with Gasteiger partial charge in [-0.05, 0) is 29.7 Å². The van der Waals surface area contributed by atoms with Gasteiger partial charge in [0.25, 0.3) is 5.91 Å². The van der Waals surface area contributed by atoms with E-state index in [9.17, 15) is 14.4 Å². The second kappa shape index (κ2) is 11.5. The molecule has 0 aliphatic carbocycles. The van der Waals surface area contributed by atoms with E-state index in [1.165, 1.54) is 16.7 Å². The molecule has 0 N–H and O–H groups in total. The third-order valence-electron chi connectivity index (χ3n) is 5.53. The maximum atomic E-state index is 13.0. The van der Waals surface area contributed by atoms with Crippen LogP contribution in [0.2, 0.25) is 0 Å². The number of amides is 2. The number of carbonyl (C=O) groups excluding carboxylic acids is 3. The summed E-state index contributed by atoms with van der Waals surface area (Å²) in [5.74, 6) is -0.756. The molecule has 1 aliphatic heterocycles. The van der Waals surface area contributed by atoms with Gasteiger partial charge >= 0.3 is 5.97 Å². The Balaban J connectivity index is 1.36. The molecule has 2 amide bonds. The van der Waals surface area contributed by atoms with Crippen molar-refractivity contribution >= 4 is 35.2 Å². The van der Waals surface area contributed by atoms with Crippen LogP contribution in [0.25, 0.3) is 0 Å². The molecule has 0 unspecified atom stereocenters. The molecule has 0 fully saturated rings. The lowest BCUT2D eigenvalue weighted by molar-refractivity contribution is -0.151. The van der Waals surface area contributed by atoms with E-state index in [1.54, 1.807) is 4.90 Å². The highest BCUT2D eigenvalue weighted by Gasteiger charge is 2.27. The number of nitrogens with zero attached hydrogens (tertiary/aromatic N) is 2. The molecular formula is C27H26N2O4S. The number of carbonyl (C=O) groups is 3. The number of para-hydroxylation sites is 1. The molecule has 3 aromatic carbocycles. The molecule has 34 heavy (non-hydrogen) atoms. The van der Waals surface area contributed by atoms with Crippen LogP contribution < -0.4 is 4.90 Å². The number of thioether (sulfide) groups is 1. The van der Waals surface area contributed by atoms with E-state index < -0.39 is 5.97 Å². The van der Waals surface area contributed by atoms with Gasteiger partial charge in [-0.15, -0.1) is 11.8 Å². The monoisotopic (exact) mass is 474 g/mol. The van der Waals surface area contributed by atoms with Gasteiger partial charge in [-0.3, -0.25) is 19.3 Å². The average molecular weight is 475 g/mol. The first-order valence-electron chi connectivity index (χ1n) is 11.1. The van der Waals surface area contributed by atoms with E-state index in [-0.39, 0.29) is 30.7 Å². The van der Waals surface area contributed by atoms with Crippen LogP contribution in [0.3, 0.4) is 0 Å². The number of benzene rings is 3. The lowest BCUT2D eigenvalue weighted by atomic mass is 10.1. The standard InChI is InChI=1S/C27H26N2O4S/c30-25(19-33-27(32)18-29-23-13-7-8-14-24(23)34-20-26(29)31)28(17-22-11-5-2-6-12-22)16-15-21-9-3-1-4-10-21/h1-14H,15-20H2. The molecule has 0 aromatic heterocycles. The van der Waals surface area contributed by atoms with E-state index >= 15 is 0 Å². The summed E-state index contributed by atoms with van der Waals surface area (Å²) in [4.78, 5) is 42.0. The first-order valence-corrected chi connectivity index (χ1v) is 12.1. The summed E-state index contributed by atoms with van der Waals surface area (Å²) in [6.07, 6.45) is 0.699. The molecule has 0 saturated carbocycles. The number of hydrogen-bond donors (Lipinski definition) is 0. The predicted octanol–water partition coefficient (Wildman–Crippen LogP) is 3.94. The molecule has 0 spiro atoms. The van der Waals surface area contributed by atoms with Crippen LogP contribution in [0.5, 0.6) is 0 Å². The second-order valence-corrected chi connectivity index (χ2v) is 8.95. The van der Waals surface area contributed by atoms with Gasteiger partial charge < -0.3 is 9.64 Å². The molecule has 0 bridgehead atoms. The molecule has 1 aliphatic rings. The molecule has 0 saturated heterocycles. The Bertz CT molecular complexity index is 1140. The van der Waals surface area contributed by atoms with Crippen molar-refractivity contribution in [3.8, 4) is 0 Å². The Morgan fingerprint density at radius 3 is 2.26 bits per heavy atom. The van der Waals surface area contributed by atoms with Crippen LogP contribution in [0.15, 0.2) is 89.8 Å². The molecule has 3 aromatic rings. The molecular weight excluding hydrogens is 448 g/mol. The van der Waals surface area contributed by atoms with Crippen LogP contribution in [0.1, 0.15) is 11.1 Å². The van der Waals surface area contributed by atoms with E-state index in [0.29, 0.717) is 25.2 Å². The van der Waals surface area contributed by atoms with Crippen molar-refractivity contribution in [3.63, 3.8) is 0 Å². The predicted molar refractivity (Wildman–Crippen MR) is 132 cm³/mol. The largest absolute Gasteiger partial charge is 0.454 e. The van der Waals surface area contributed by atoms with Gasteiger partial charge in [-0.1, -0.05) is 72.8 Å². The fourth-order valence-corrected chi connectivity index (χ4v) is 4.68. The summed E-state index contributed by atoms with van der Waals surface area (Å²) < 4.78 is 5.31. The van der Waals surface area contributed by atoms with Gasteiger partial charge in [-0.25, -0.2) is 0 Å². The molecule has 0 radical (unpaired) electrons. The van der Waals surface area contributed by atoms with E-state index in [2.05, 4.69) is 0 Å². The summed E-state index contributed by atoms with van der Waals surface area (Å²) in [7, 11) is 0. The summed E-state index contributed by atoms with van der Waals surface area (Å²) in [5, 5.41) is 0. The van der Waals surface area contributed by atoms with Crippen molar-refractivity contribution in [3.05, 3.63) is 96.1 Å². The topological polar surface area (TPSA) is 66.9 Å². The van der Waals surface area contributed by atoms with Gasteiger partial charge in [0, 0.05) is 18.0 Å². The second-order valence-electron chi connectivity index (χ2n) is 7.93. The maximum absolute atomic E-state index is 13.0. The molecule has 0 atom stereocenters. The van der Waals surface area contributed by atoms with Gasteiger partial charge in [0.05, 0.1) is 11.4 Å². The number of rotatable bonds is 9. The van der Waals surface area contributed by atoms with Gasteiger partial charge in [0.2, 0.25) is 5.91 Å². The SMILES string of the molecule is O=C(CN1C(=O)CSc2ccccc21)OCC(=O)N(CCc1ccccc1)Cc1ccccc1. The Morgan fingerprint density at radius 2 is 1.53 bits per heavy atom. The van der Waals surface area contributed by atoms with Crippen LogP contribution in [-0.2, 0) is 32.1 Å². The third-order valence-corrected chi connectivity index (χ3v) is 6.58. The number of esters is 1. The van der Waals surface area contributed by atoms with Crippen molar-refractivity contribution in [1.82, 2.24) is 4.90 Å². The zero-order valence-electron chi connectivity index (χ0n) is 18.8. The minimum Gasteiger partial charge on any atom is -0.454 e. The van der Waals surface area contributed by atoms with Crippen LogP contribution in [0.4, 0.5) is 5.69 Å². The maximum Gasteiger partial charge on any atom is 0.326 e. The van der Waals surface area contributed by atoms with Crippen molar-refractivity contribution < 1.29 is 19.1 Å². The first kappa shape index (κ1) is 23.6. The van der Waals surface area contributed by atoms with Gasteiger partial charge in [-0.2, -0.15) is 0 Å². The third kappa shape index (κ3) is 6.26. The zero-order valence-corrected chi connectivity index (χ0v) is 19.6. The van der Waals surface area contributed by atoms with Crippen molar-refractivity contribution in [2.45, 2.75) is 17.9 Å². The average Bonchev–Trinajstić information content (AvgIpc) is 2.88. The van der Waals surface area contributed by atoms with E-state index in [0.717, 1.165) is 16.0 Å². The highest BCUT2D eigenvalue weighted by atomic mass is 32.2. The Kier molecular flexibility index (Phi) is 7.99. The van der Waals surface area contributed by atoms with E-state index in [1.807, 2.05) is 84.9 Å². The summed E-state index contributed by atoms with van der Waals surface area (Å²) >= 11 is 1.45. The fraction of sp³-hybridized carbons (Fsp3) is 0.222. The number of fused-ring (bicyclic) bond motifs is 1. The fourth-order valence-electron chi connectivity index (χ4n) is 3.74. The number of anilines is 1. The summed E-state index contributed by atoms with van der Waals surface area (Å²) in [6.45, 7) is 0.356. The quantitative estimate of drug-likeness (QED) is 0.440. The lowest BCUT2D eigenvalue weighted by Crippen LogP contribution is -2.41. The zero-order chi connectivity index (χ0) is 23.8. The molecule has 4 rings (SSSR count). The lowest BCUT2D eigenvalue weighted by Gasteiger charge is -2.28. The Labute approximate surface area is 203 Å². The van der Waals surface area contributed by atoms with Crippen LogP contribution in [0, 0.1) is 0 Å². The molecule has 6 nitrogen and oxygen atoms in total. The Morgan fingerprint density at radius 1 is 0.882 bits per heavy atom. The van der Waals surface area contributed by atoms with Gasteiger partial charge in [0.15, 0.2) is 6.61 Å². The normalized spacial score (nSPS) is 12.7. The first-order chi connectivity index (χ1) is 16.6. The highest BCUT2D eigenvalue weighted by Crippen LogP contribution is 2.34. The number of ether oxygens (including phenoxy) is 1. The van der Waals surface area contributed by atoms with Gasteiger partial charge in [0.1, 0.15) is 6.54 Å². The number of hydrogen-bond acceptors (Lipinski definition) is 5. The summed E-state index contributed by atoms with van der Waals surface area (Å²) in [5.41, 5.74) is 2.83. The molecule has 174 valence electrons. The highest BCUT2D eigenvalue weighted by molar-refractivity contribution is 8.00. The molecule has 7 heteroatoms. The van der Waals surface area contributed by atoms with Crippen LogP contribution in [-0.4, -0.2) is 48.1 Å². The summed E-state index contributed by atoms with van der Waals surface area (Å²) in [6, 6.07) is 27.1. The smallest absolute Gasteiger partial charge is 0.326 e.